The standard InChI is InChI=1S/C15H24N2O2/c1-10(8-16)9-17-15(18)7-13-5-11(2)12(3)6-14(13)19-4/h5-6,10H,7-9,16H2,1-4H3,(H,17,18). The van der Waals surface area contributed by atoms with Crippen molar-refractivity contribution in [2.24, 2.45) is 11.7 Å². The Hall–Kier alpha value is -1.55. The normalized spacial score (nSPS) is 12.1. The fourth-order valence-electron chi connectivity index (χ4n) is 1.78. The van der Waals surface area contributed by atoms with Gasteiger partial charge in [-0.3, -0.25) is 4.79 Å². The molecule has 0 saturated heterocycles. The Balaban J connectivity index is 2.70. The molecule has 0 fully saturated rings. The minimum absolute atomic E-state index is 0.00172. The van der Waals surface area contributed by atoms with E-state index in [9.17, 15) is 4.79 Å². The lowest BCUT2D eigenvalue weighted by Gasteiger charge is -2.13. The van der Waals surface area contributed by atoms with Crippen molar-refractivity contribution in [2.75, 3.05) is 20.2 Å². The van der Waals surface area contributed by atoms with Gasteiger partial charge in [-0.15, -0.1) is 0 Å². The van der Waals surface area contributed by atoms with Crippen LogP contribution in [-0.2, 0) is 11.2 Å². The molecule has 1 atom stereocenters. The zero-order valence-corrected chi connectivity index (χ0v) is 12.2. The van der Waals surface area contributed by atoms with Crippen LogP contribution in [0.4, 0.5) is 0 Å². The summed E-state index contributed by atoms with van der Waals surface area (Å²) in [6.45, 7) is 7.27. The molecule has 1 rings (SSSR count). The topological polar surface area (TPSA) is 64.3 Å². The fraction of sp³-hybridized carbons (Fsp3) is 0.533. The number of aryl methyl sites for hydroxylation is 2. The first-order valence-corrected chi connectivity index (χ1v) is 6.58. The number of amides is 1. The number of ether oxygens (including phenoxy) is 1. The molecular weight excluding hydrogens is 240 g/mol. The molecule has 1 aromatic carbocycles. The third-order valence-electron chi connectivity index (χ3n) is 3.30. The molecule has 0 aliphatic rings. The van der Waals surface area contributed by atoms with Gasteiger partial charge in [0.05, 0.1) is 13.5 Å². The van der Waals surface area contributed by atoms with E-state index in [1.807, 2.05) is 32.9 Å². The maximum atomic E-state index is 11.9. The molecule has 0 radical (unpaired) electrons. The summed E-state index contributed by atoms with van der Waals surface area (Å²) in [7, 11) is 1.63. The van der Waals surface area contributed by atoms with Gasteiger partial charge in [-0.25, -0.2) is 0 Å². The second kappa shape index (κ2) is 7.14. The summed E-state index contributed by atoms with van der Waals surface area (Å²) >= 11 is 0. The lowest BCUT2D eigenvalue weighted by atomic mass is 10.0. The van der Waals surface area contributed by atoms with Gasteiger partial charge in [-0.1, -0.05) is 13.0 Å². The van der Waals surface area contributed by atoms with E-state index in [-0.39, 0.29) is 5.91 Å². The Bertz CT molecular complexity index is 444. The van der Waals surface area contributed by atoms with Crippen LogP contribution < -0.4 is 15.8 Å². The van der Waals surface area contributed by atoms with E-state index in [0.717, 1.165) is 16.9 Å². The van der Waals surface area contributed by atoms with Gasteiger partial charge >= 0.3 is 0 Å². The van der Waals surface area contributed by atoms with E-state index in [1.165, 1.54) is 5.56 Å². The number of carbonyl (C=O) groups excluding carboxylic acids is 1. The predicted molar refractivity (Wildman–Crippen MR) is 77.4 cm³/mol. The minimum Gasteiger partial charge on any atom is -0.496 e. The van der Waals surface area contributed by atoms with Gasteiger partial charge in [0.2, 0.25) is 5.91 Å². The third kappa shape index (κ3) is 4.56. The molecule has 0 aliphatic heterocycles. The fourth-order valence-corrected chi connectivity index (χ4v) is 1.78. The molecular formula is C15H24N2O2. The van der Waals surface area contributed by atoms with Gasteiger partial charge in [-0.05, 0) is 43.5 Å². The van der Waals surface area contributed by atoms with Crippen LogP contribution in [0.2, 0.25) is 0 Å². The molecule has 1 unspecified atom stereocenters. The molecule has 0 saturated carbocycles. The van der Waals surface area contributed by atoms with Gasteiger partial charge in [0, 0.05) is 12.1 Å². The maximum absolute atomic E-state index is 11.9. The SMILES string of the molecule is COc1cc(C)c(C)cc1CC(=O)NCC(C)CN. The van der Waals surface area contributed by atoms with Crippen LogP contribution in [0.15, 0.2) is 12.1 Å². The van der Waals surface area contributed by atoms with Crippen molar-refractivity contribution in [2.45, 2.75) is 27.2 Å². The summed E-state index contributed by atoms with van der Waals surface area (Å²) in [6.07, 6.45) is 0.335. The summed E-state index contributed by atoms with van der Waals surface area (Å²) in [6, 6.07) is 3.99. The highest BCUT2D eigenvalue weighted by atomic mass is 16.5. The first-order valence-electron chi connectivity index (χ1n) is 6.58. The quantitative estimate of drug-likeness (QED) is 0.819. The van der Waals surface area contributed by atoms with Gasteiger partial charge < -0.3 is 15.8 Å². The molecule has 4 nitrogen and oxygen atoms in total. The van der Waals surface area contributed by atoms with E-state index in [0.29, 0.717) is 25.4 Å². The zero-order chi connectivity index (χ0) is 14.4. The third-order valence-corrected chi connectivity index (χ3v) is 3.30. The molecule has 1 aromatic rings. The minimum atomic E-state index is 0.00172. The lowest BCUT2D eigenvalue weighted by Crippen LogP contribution is -2.32. The lowest BCUT2D eigenvalue weighted by molar-refractivity contribution is -0.120. The number of nitrogens with two attached hydrogens (primary N) is 1. The van der Waals surface area contributed by atoms with E-state index in [1.54, 1.807) is 7.11 Å². The Morgan fingerprint density at radius 3 is 2.58 bits per heavy atom. The predicted octanol–water partition coefficient (Wildman–Crippen LogP) is 1.57. The van der Waals surface area contributed by atoms with Crippen molar-refractivity contribution >= 4 is 5.91 Å². The van der Waals surface area contributed by atoms with E-state index >= 15 is 0 Å². The number of methoxy groups -OCH3 is 1. The second-order valence-corrected chi connectivity index (χ2v) is 5.07. The van der Waals surface area contributed by atoms with Crippen LogP contribution in [0.5, 0.6) is 5.75 Å². The van der Waals surface area contributed by atoms with Crippen molar-refractivity contribution in [3.8, 4) is 5.75 Å². The number of nitrogens with one attached hydrogen (secondary N) is 1. The van der Waals surface area contributed by atoms with E-state index in [4.69, 9.17) is 10.5 Å². The Morgan fingerprint density at radius 1 is 1.37 bits per heavy atom. The van der Waals surface area contributed by atoms with Crippen molar-refractivity contribution < 1.29 is 9.53 Å². The molecule has 0 aromatic heterocycles. The number of benzene rings is 1. The molecule has 19 heavy (non-hydrogen) atoms. The average molecular weight is 264 g/mol. The van der Waals surface area contributed by atoms with Crippen LogP contribution in [0.1, 0.15) is 23.6 Å². The van der Waals surface area contributed by atoms with Crippen LogP contribution in [0, 0.1) is 19.8 Å². The first-order chi connectivity index (χ1) is 8.97. The van der Waals surface area contributed by atoms with Gasteiger partial charge in [-0.2, -0.15) is 0 Å². The highest BCUT2D eigenvalue weighted by Crippen LogP contribution is 2.23. The number of hydrogen-bond donors (Lipinski definition) is 2. The van der Waals surface area contributed by atoms with Crippen LogP contribution in [-0.4, -0.2) is 26.1 Å². The summed E-state index contributed by atoms with van der Waals surface area (Å²) in [4.78, 5) is 11.9. The van der Waals surface area contributed by atoms with E-state index in [2.05, 4.69) is 5.32 Å². The van der Waals surface area contributed by atoms with Crippen molar-refractivity contribution in [1.82, 2.24) is 5.32 Å². The maximum Gasteiger partial charge on any atom is 0.224 e. The summed E-state index contributed by atoms with van der Waals surface area (Å²) < 4.78 is 5.33. The molecule has 0 bridgehead atoms. The van der Waals surface area contributed by atoms with Crippen molar-refractivity contribution in [3.63, 3.8) is 0 Å². The Kier molecular flexibility index (Phi) is 5.83. The van der Waals surface area contributed by atoms with Crippen molar-refractivity contribution in [3.05, 3.63) is 28.8 Å². The Morgan fingerprint density at radius 2 is 2.00 bits per heavy atom. The van der Waals surface area contributed by atoms with Crippen LogP contribution in [0.25, 0.3) is 0 Å². The van der Waals surface area contributed by atoms with Crippen LogP contribution in [0.3, 0.4) is 0 Å². The summed E-state index contributed by atoms with van der Waals surface area (Å²) in [5, 5.41) is 2.89. The number of rotatable bonds is 6. The Labute approximate surface area is 115 Å². The molecule has 3 N–H and O–H groups in total. The number of carbonyl (C=O) groups is 1. The smallest absolute Gasteiger partial charge is 0.224 e. The molecule has 1 amide bonds. The second-order valence-electron chi connectivity index (χ2n) is 5.07. The molecule has 4 heteroatoms. The van der Waals surface area contributed by atoms with Gasteiger partial charge in [0.25, 0.3) is 0 Å². The summed E-state index contributed by atoms with van der Waals surface area (Å²) in [5.41, 5.74) is 8.77. The first kappa shape index (κ1) is 15.5. The molecule has 0 aliphatic carbocycles. The van der Waals surface area contributed by atoms with Gasteiger partial charge in [0.15, 0.2) is 0 Å². The molecule has 106 valence electrons. The zero-order valence-electron chi connectivity index (χ0n) is 12.2. The highest BCUT2D eigenvalue weighted by molar-refractivity contribution is 5.79. The number of hydrogen-bond acceptors (Lipinski definition) is 3. The van der Waals surface area contributed by atoms with Gasteiger partial charge in [0.1, 0.15) is 5.75 Å². The van der Waals surface area contributed by atoms with Crippen LogP contribution >= 0.6 is 0 Å². The van der Waals surface area contributed by atoms with E-state index < -0.39 is 0 Å². The highest BCUT2D eigenvalue weighted by Gasteiger charge is 2.11. The molecule has 0 spiro atoms. The monoisotopic (exact) mass is 264 g/mol. The average Bonchev–Trinajstić information content (AvgIpc) is 2.39. The molecule has 0 heterocycles. The largest absolute Gasteiger partial charge is 0.496 e. The summed E-state index contributed by atoms with van der Waals surface area (Å²) in [5.74, 6) is 1.07. The van der Waals surface area contributed by atoms with Crippen molar-refractivity contribution in [1.29, 1.82) is 0 Å².